The Morgan fingerprint density at radius 3 is 2.59 bits per heavy atom. The first kappa shape index (κ1) is 14.3. The van der Waals surface area contributed by atoms with Crippen LogP contribution in [-0.4, -0.2) is 27.0 Å². The standard InChI is InChI=1S/C11H18N2O2S2/c1-8-4-5-10(12)9(2)11(8)17(14,15)13-6-7-16-3/h4-5,13H,6-7,12H2,1-3H3. The average Bonchev–Trinajstić information content (AvgIpc) is 2.24. The van der Waals surface area contributed by atoms with Crippen LogP contribution in [-0.2, 0) is 10.0 Å². The van der Waals surface area contributed by atoms with Gasteiger partial charge in [-0.15, -0.1) is 0 Å². The minimum absolute atomic E-state index is 0.304. The van der Waals surface area contributed by atoms with Gasteiger partial charge in [-0.3, -0.25) is 0 Å². The summed E-state index contributed by atoms with van der Waals surface area (Å²) in [7, 11) is -3.46. The molecular weight excluding hydrogens is 256 g/mol. The fraction of sp³-hybridized carbons (Fsp3) is 0.455. The summed E-state index contributed by atoms with van der Waals surface area (Å²) >= 11 is 1.60. The molecule has 96 valence electrons. The van der Waals surface area contributed by atoms with Gasteiger partial charge >= 0.3 is 0 Å². The summed E-state index contributed by atoms with van der Waals surface area (Å²) in [6, 6.07) is 3.46. The van der Waals surface area contributed by atoms with E-state index in [9.17, 15) is 8.42 Å². The number of rotatable bonds is 5. The molecule has 0 heterocycles. The molecule has 0 atom stereocenters. The molecule has 0 amide bonds. The summed E-state index contributed by atoms with van der Waals surface area (Å²) in [6.45, 7) is 3.93. The molecule has 0 aliphatic rings. The summed E-state index contributed by atoms with van der Waals surface area (Å²) in [6.07, 6.45) is 1.94. The predicted molar refractivity (Wildman–Crippen MR) is 73.9 cm³/mol. The monoisotopic (exact) mass is 274 g/mol. The fourth-order valence-corrected chi connectivity index (χ4v) is 3.57. The van der Waals surface area contributed by atoms with Crippen molar-refractivity contribution < 1.29 is 8.42 Å². The lowest BCUT2D eigenvalue weighted by Gasteiger charge is -2.13. The van der Waals surface area contributed by atoms with Gasteiger partial charge in [-0.1, -0.05) is 6.07 Å². The fourth-order valence-electron chi connectivity index (χ4n) is 1.61. The topological polar surface area (TPSA) is 72.2 Å². The molecule has 0 spiro atoms. The maximum atomic E-state index is 12.1. The second-order valence-corrected chi connectivity index (χ2v) is 6.51. The molecule has 3 N–H and O–H groups in total. The van der Waals surface area contributed by atoms with E-state index in [1.807, 2.05) is 6.26 Å². The Morgan fingerprint density at radius 2 is 2.00 bits per heavy atom. The van der Waals surface area contributed by atoms with E-state index in [-0.39, 0.29) is 0 Å². The smallest absolute Gasteiger partial charge is 0.241 e. The molecule has 0 aliphatic carbocycles. The summed E-state index contributed by atoms with van der Waals surface area (Å²) in [5, 5.41) is 0. The van der Waals surface area contributed by atoms with Crippen molar-refractivity contribution in [3.05, 3.63) is 23.3 Å². The Hall–Kier alpha value is -0.720. The SMILES string of the molecule is CSCCNS(=O)(=O)c1c(C)ccc(N)c1C. The van der Waals surface area contributed by atoms with Crippen molar-refractivity contribution in [2.45, 2.75) is 18.7 Å². The highest BCUT2D eigenvalue weighted by Crippen LogP contribution is 2.24. The van der Waals surface area contributed by atoms with Gasteiger partial charge in [-0.2, -0.15) is 11.8 Å². The maximum Gasteiger partial charge on any atom is 0.241 e. The zero-order valence-corrected chi connectivity index (χ0v) is 11.9. The molecule has 0 fully saturated rings. The van der Waals surface area contributed by atoms with Gasteiger partial charge < -0.3 is 5.73 Å². The normalized spacial score (nSPS) is 11.7. The van der Waals surface area contributed by atoms with E-state index in [4.69, 9.17) is 5.73 Å². The summed E-state index contributed by atoms with van der Waals surface area (Å²) < 4.78 is 26.8. The second-order valence-electron chi connectivity index (χ2n) is 3.82. The van der Waals surface area contributed by atoms with Crippen molar-refractivity contribution in [3.8, 4) is 0 Å². The van der Waals surface area contributed by atoms with Crippen molar-refractivity contribution in [2.24, 2.45) is 0 Å². The number of sulfonamides is 1. The Balaban J connectivity index is 3.11. The lowest BCUT2D eigenvalue weighted by atomic mass is 10.1. The quantitative estimate of drug-likeness (QED) is 0.631. The molecule has 4 nitrogen and oxygen atoms in total. The van der Waals surface area contributed by atoms with Gasteiger partial charge in [0.05, 0.1) is 4.90 Å². The highest BCUT2D eigenvalue weighted by atomic mass is 32.2. The van der Waals surface area contributed by atoms with E-state index in [2.05, 4.69) is 4.72 Å². The third kappa shape index (κ3) is 3.37. The predicted octanol–water partition coefficient (Wildman–Crippen LogP) is 1.53. The molecule has 0 aromatic heterocycles. The van der Waals surface area contributed by atoms with Crippen LogP contribution < -0.4 is 10.5 Å². The average molecular weight is 274 g/mol. The highest BCUT2D eigenvalue weighted by molar-refractivity contribution is 7.98. The molecular formula is C11H18N2O2S2. The molecule has 6 heteroatoms. The van der Waals surface area contributed by atoms with Gasteiger partial charge in [0.2, 0.25) is 10.0 Å². The Morgan fingerprint density at radius 1 is 1.35 bits per heavy atom. The highest BCUT2D eigenvalue weighted by Gasteiger charge is 2.19. The number of benzene rings is 1. The van der Waals surface area contributed by atoms with Crippen LogP contribution in [0.4, 0.5) is 5.69 Å². The van der Waals surface area contributed by atoms with Crippen LogP contribution in [0.3, 0.4) is 0 Å². The summed E-state index contributed by atoms with van der Waals surface area (Å²) in [5.74, 6) is 0.750. The zero-order valence-electron chi connectivity index (χ0n) is 10.3. The first-order valence-electron chi connectivity index (χ1n) is 5.24. The molecule has 0 bridgehead atoms. The van der Waals surface area contributed by atoms with Gasteiger partial charge in [-0.05, 0) is 37.3 Å². The van der Waals surface area contributed by atoms with E-state index in [1.165, 1.54) is 0 Å². The number of hydrogen-bond donors (Lipinski definition) is 2. The Bertz CT molecular complexity index is 498. The van der Waals surface area contributed by atoms with Crippen LogP contribution >= 0.6 is 11.8 Å². The molecule has 1 rings (SSSR count). The minimum Gasteiger partial charge on any atom is -0.398 e. The van der Waals surface area contributed by atoms with Crippen molar-refractivity contribution in [1.29, 1.82) is 0 Å². The van der Waals surface area contributed by atoms with Crippen molar-refractivity contribution in [1.82, 2.24) is 4.72 Å². The molecule has 0 unspecified atom stereocenters. The largest absolute Gasteiger partial charge is 0.398 e. The molecule has 0 saturated heterocycles. The van der Waals surface area contributed by atoms with Gasteiger partial charge in [0.15, 0.2) is 0 Å². The van der Waals surface area contributed by atoms with Gasteiger partial charge in [0, 0.05) is 18.0 Å². The number of anilines is 1. The van der Waals surface area contributed by atoms with E-state index in [0.717, 1.165) is 5.75 Å². The van der Waals surface area contributed by atoms with Crippen molar-refractivity contribution >= 4 is 27.5 Å². The number of nitrogen functional groups attached to an aromatic ring is 1. The summed E-state index contributed by atoms with van der Waals surface area (Å²) in [4.78, 5) is 0.304. The molecule has 1 aromatic rings. The van der Waals surface area contributed by atoms with Crippen LogP contribution in [0.1, 0.15) is 11.1 Å². The Labute approximate surface area is 107 Å². The van der Waals surface area contributed by atoms with Crippen molar-refractivity contribution in [3.63, 3.8) is 0 Å². The lowest BCUT2D eigenvalue weighted by molar-refractivity contribution is 0.583. The Kier molecular flexibility index (Phi) is 4.85. The van der Waals surface area contributed by atoms with E-state index in [1.54, 1.807) is 37.7 Å². The molecule has 1 aromatic carbocycles. The molecule has 0 radical (unpaired) electrons. The molecule has 0 aliphatic heterocycles. The number of thioether (sulfide) groups is 1. The molecule has 17 heavy (non-hydrogen) atoms. The first-order chi connectivity index (χ1) is 7.90. The van der Waals surface area contributed by atoms with Crippen LogP contribution in [0.5, 0.6) is 0 Å². The maximum absolute atomic E-state index is 12.1. The lowest BCUT2D eigenvalue weighted by Crippen LogP contribution is -2.27. The minimum atomic E-state index is -3.46. The second kappa shape index (κ2) is 5.75. The van der Waals surface area contributed by atoms with Gasteiger partial charge in [0.1, 0.15) is 0 Å². The first-order valence-corrected chi connectivity index (χ1v) is 8.12. The van der Waals surface area contributed by atoms with Crippen LogP contribution in [0.25, 0.3) is 0 Å². The van der Waals surface area contributed by atoms with Gasteiger partial charge in [0.25, 0.3) is 0 Å². The summed E-state index contributed by atoms with van der Waals surface area (Å²) in [5.41, 5.74) is 7.57. The van der Waals surface area contributed by atoms with Crippen molar-refractivity contribution in [2.75, 3.05) is 24.3 Å². The van der Waals surface area contributed by atoms with E-state index < -0.39 is 10.0 Å². The van der Waals surface area contributed by atoms with E-state index in [0.29, 0.717) is 28.3 Å². The molecule has 0 saturated carbocycles. The van der Waals surface area contributed by atoms with Gasteiger partial charge in [-0.25, -0.2) is 13.1 Å². The third-order valence-corrected chi connectivity index (χ3v) is 4.87. The van der Waals surface area contributed by atoms with Crippen LogP contribution in [0.15, 0.2) is 17.0 Å². The number of hydrogen-bond acceptors (Lipinski definition) is 4. The number of nitrogens with one attached hydrogen (secondary N) is 1. The van der Waals surface area contributed by atoms with E-state index >= 15 is 0 Å². The zero-order chi connectivity index (χ0) is 13.1. The number of aryl methyl sites for hydroxylation is 1. The van der Waals surface area contributed by atoms with Crippen LogP contribution in [0.2, 0.25) is 0 Å². The number of nitrogens with two attached hydrogens (primary N) is 1. The third-order valence-electron chi connectivity index (χ3n) is 2.51. The van der Waals surface area contributed by atoms with Crippen LogP contribution in [0, 0.1) is 13.8 Å².